The van der Waals surface area contributed by atoms with Crippen molar-refractivity contribution in [2.24, 2.45) is 0 Å². The van der Waals surface area contributed by atoms with Crippen LogP contribution in [-0.4, -0.2) is 52.8 Å². The molecule has 0 saturated carbocycles. The van der Waals surface area contributed by atoms with Crippen LogP contribution in [-0.2, 0) is 14.3 Å². The number of fused-ring (bicyclic) bond motifs is 1. The molecule has 0 N–H and O–H groups in total. The van der Waals surface area contributed by atoms with Crippen LogP contribution in [0.1, 0.15) is 58.3 Å². The second-order valence-electron chi connectivity index (χ2n) is 6.23. The standard InChI is InChI=1S/C20H28O3S.Ca.2H/c1-2-3-4-5-6-7-8-11-17-23-24(21,22)20-16-12-14-18-13-9-10-15-19(18)20;;;/h9-10,12-16H,2-8,11,17H2,1H3;;;. The summed E-state index contributed by atoms with van der Waals surface area (Å²) in [5.41, 5.74) is 0. The Balaban J connectivity index is 0.00000312. The number of benzene rings is 2. The zero-order valence-corrected chi connectivity index (χ0v) is 15.4. The predicted octanol–water partition coefficient (Wildman–Crippen LogP) is 4.77. The molecule has 0 atom stereocenters. The summed E-state index contributed by atoms with van der Waals surface area (Å²) in [7, 11) is -3.69. The van der Waals surface area contributed by atoms with Crippen molar-refractivity contribution >= 4 is 58.6 Å². The Labute approximate surface area is 182 Å². The molecule has 0 aliphatic rings. The molecule has 0 radical (unpaired) electrons. The van der Waals surface area contributed by atoms with E-state index in [4.69, 9.17) is 4.18 Å². The van der Waals surface area contributed by atoms with E-state index in [-0.39, 0.29) is 49.2 Å². The van der Waals surface area contributed by atoms with Crippen LogP contribution in [0.25, 0.3) is 10.8 Å². The molecule has 0 unspecified atom stereocenters. The number of rotatable bonds is 11. The van der Waals surface area contributed by atoms with Gasteiger partial charge in [0, 0.05) is 5.39 Å². The Morgan fingerprint density at radius 1 is 0.800 bits per heavy atom. The first kappa shape index (κ1) is 22.9. The molecule has 5 heteroatoms. The minimum absolute atomic E-state index is 0. The zero-order valence-electron chi connectivity index (χ0n) is 14.5. The summed E-state index contributed by atoms with van der Waals surface area (Å²) in [6.45, 7) is 2.48. The summed E-state index contributed by atoms with van der Waals surface area (Å²) in [6, 6.07) is 12.8. The third-order valence-corrected chi connectivity index (χ3v) is 5.63. The molecule has 136 valence electrons. The van der Waals surface area contributed by atoms with Crippen molar-refractivity contribution in [1.29, 1.82) is 0 Å². The van der Waals surface area contributed by atoms with Gasteiger partial charge in [0.2, 0.25) is 0 Å². The SMILES string of the molecule is CCCCCCCCCCOS(=O)(=O)c1cccc2ccccc12.[CaH2]. The fourth-order valence-electron chi connectivity index (χ4n) is 2.88. The molecule has 0 heterocycles. The van der Waals surface area contributed by atoms with E-state index in [0.29, 0.717) is 0 Å². The molecule has 2 rings (SSSR count). The van der Waals surface area contributed by atoms with E-state index in [0.717, 1.165) is 30.0 Å². The van der Waals surface area contributed by atoms with Crippen LogP contribution < -0.4 is 0 Å². The van der Waals surface area contributed by atoms with E-state index in [9.17, 15) is 8.42 Å². The Bertz CT molecular complexity index is 723. The molecule has 0 spiro atoms. The van der Waals surface area contributed by atoms with E-state index in [1.54, 1.807) is 12.1 Å². The third kappa shape index (κ3) is 7.56. The van der Waals surface area contributed by atoms with Crippen LogP contribution in [0.5, 0.6) is 0 Å². The molecule has 0 fully saturated rings. The molecule has 3 nitrogen and oxygen atoms in total. The van der Waals surface area contributed by atoms with Gasteiger partial charge in [-0.2, -0.15) is 8.42 Å². The summed E-state index contributed by atoms with van der Waals surface area (Å²) in [5, 5.41) is 1.63. The summed E-state index contributed by atoms with van der Waals surface area (Å²) in [4.78, 5) is 0.264. The zero-order chi connectivity index (χ0) is 17.3. The second-order valence-corrected chi connectivity index (χ2v) is 7.81. The Hall–Kier alpha value is -0.130. The Morgan fingerprint density at radius 2 is 1.40 bits per heavy atom. The summed E-state index contributed by atoms with van der Waals surface area (Å²) in [5.74, 6) is 0. The summed E-state index contributed by atoms with van der Waals surface area (Å²) in [6.07, 6.45) is 9.37. The first-order chi connectivity index (χ1) is 11.6. The molecule has 0 saturated heterocycles. The average molecular weight is 391 g/mol. The van der Waals surface area contributed by atoms with Crippen molar-refractivity contribution in [2.75, 3.05) is 6.61 Å². The van der Waals surface area contributed by atoms with Crippen LogP contribution in [0.15, 0.2) is 47.4 Å². The van der Waals surface area contributed by atoms with Gasteiger partial charge in [0.1, 0.15) is 4.90 Å². The molecule has 0 amide bonds. The molecule has 0 aliphatic carbocycles. The van der Waals surface area contributed by atoms with Crippen LogP contribution in [0, 0.1) is 0 Å². The topological polar surface area (TPSA) is 43.4 Å². The van der Waals surface area contributed by atoms with E-state index in [1.807, 2.05) is 30.3 Å². The minimum atomic E-state index is -3.69. The predicted molar refractivity (Wildman–Crippen MR) is 108 cm³/mol. The summed E-state index contributed by atoms with van der Waals surface area (Å²) >= 11 is 0. The van der Waals surface area contributed by atoms with Crippen molar-refractivity contribution in [2.45, 2.75) is 63.2 Å². The van der Waals surface area contributed by atoms with Crippen LogP contribution in [0.2, 0.25) is 0 Å². The first-order valence-corrected chi connectivity index (χ1v) is 10.4. The molecule has 25 heavy (non-hydrogen) atoms. The number of hydrogen-bond donors (Lipinski definition) is 0. The van der Waals surface area contributed by atoms with E-state index < -0.39 is 10.1 Å². The normalized spacial score (nSPS) is 11.4. The van der Waals surface area contributed by atoms with Crippen molar-refractivity contribution < 1.29 is 12.6 Å². The summed E-state index contributed by atoms with van der Waals surface area (Å²) < 4.78 is 30.1. The van der Waals surface area contributed by atoms with Crippen molar-refractivity contribution in [1.82, 2.24) is 0 Å². The maximum absolute atomic E-state index is 12.4. The van der Waals surface area contributed by atoms with Gasteiger partial charge in [-0.25, -0.2) is 0 Å². The fourth-order valence-corrected chi connectivity index (χ4v) is 4.05. The Kier molecular flexibility index (Phi) is 11.3. The van der Waals surface area contributed by atoms with Gasteiger partial charge >= 0.3 is 37.7 Å². The average Bonchev–Trinajstić information content (AvgIpc) is 2.59. The van der Waals surface area contributed by atoms with Gasteiger partial charge < -0.3 is 0 Å². The molecule has 0 bridgehead atoms. The maximum atomic E-state index is 12.4. The monoisotopic (exact) mass is 390 g/mol. The van der Waals surface area contributed by atoms with Crippen LogP contribution in [0.4, 0.5) is 0 Å². The van der Waals surface area contributed by atoms with Crippen molar-refractivity contribution in [3.05, 3.63) is 42.5 Å². The number of unbranched alkanes of at least 4 members (excludes halogenated alkanes) is 7. The molecular formula is C20H30CaO3S. The van der Waals surface area contributed by atoms with Crippen LogP contribution in [0.3, 0.4) is 0 Å². The van der Waals surface area contributed by atoms with Gasteiger partial charge in [-0.1, -0.05) is 88.3 Å². The molecule has 0 aromatic heterocycles. The van der Waals surface area contributed by atoms with Gasteiger partial charge in [-0.05, 0) is 17.9 Å². The molecule has 2 aromatic rings. The van der Waals surface area contributed by atoms with Gasteiger partial charge in [0.25, 0.3) is 10.1 Å². The van der Waals surface area contributed by atoms with Crippen molar-refractivity contribution in [3.63, 3.8) is 0 Å². The van der Waals surface area contributed by atoms with Gasteiger partial charge in [-0.3, -0.25) is 4.18 Å². The number of hydrogen-bond acceptors (Lipinski definition) is 3. The van der Waals surface area contributed by atoms with Gasteiger partial charge in [-0.15, -0.1) is 0 Å². The van der Waals surface area contributed by atoms with Crippen LogP contribution >= 0.6 is 0 Å². The van der Waals surface area contributed by atoms with Gasteiger partial charge in [0.05, 0.1) is 6.61 Å². The molecular weight excluding hydrogens is 360 g/mol. The fraction of sp³-hybridized carbons (Fsp3) is 0.500. The van der Waals surface area contributed by atoms with Crippen molar-refractivity contribution in [3.8, 4) is 0 Å². The van der Waals surface area contributed by atoms with Gasteiger partial charge in [0.15, 0.2) is 0 Å². The second kappa shape index (κ2) is 12.3. The van der Waals surface area contributed by atoms with E-state index in [1.165, 1.54) is 32.1 Å². The van der Waals surface area contributed by atoms with E-state index in [2.05, 4.69) is 6.92 Å². The molecule has 2 aromatic carbocycles. The Morgan fingerprint density at radius 3 is 2.12 bits per heavy atom. The first-order valence-electron chi connectivity index (χ1n) is 9.02. The quantitative estimate of drug-likeness (QED) is 0.315. The van der Waals surface area contributed by atoms with E-state index >= 15 is 0 Å². The molecule has 0 aliphatic heterocycles. The third-order valence-electron chi connectivity index (χ3n) is 4.26.